The lowest BCUT2D eigenvalue weighted by atomic mass is 10.0. The van der Waals surface area contributed by atoms with Crippen LogP contribution in [0.15, 0.2) is 53.0 Å². The first kappa shape index (κ1) is 16.8. The summed E-state index contributed by atoms with van der Waals surface area (Å²) in [7, 11) is 0. The maximum atomic E-state index is 13.0. The summed E-state index contributed by atoms with van der Waals surface area (Å²) in [6.07, 6.45) is -3.99. The van der Waals surface area contributed by atoms with Crippen molar-refractivity contribution in [2.75, 3.05) is 5.43 Å². The van der Waals surface area contributed by atoms with E-state index in [1.807, 2.05) is 12.1 Å². The van der Waals surface area contributed by atoms with Crippen LogP contribution in [0, 0.1) is 5.92 Å². The maximum absolute atomic E-state index is 13.0. The average Bonchev–Trinajstić information content (AvgIpc) is 3.34. The number of halogens is 4. The smallest absolute Gasteiger partial charge is 0.299 e. The van der Waals surface area contributed by atoms with Crippen molar-refractivity contribution < 1.29 is 18.0 Å². The fourth-order valence-electron chi connectivity index (χ4n) is 2.67. The molecule has 0 aromatic heterocycles. The van der Waals surface area contributed by atoms with Gasteiger partial charge in [0.1, 0.15) is 0 Å². The summed E-state index contributed by atoms with van der Waals surface area (Å²) in [5.74, 6) is -1.15. The molecule has 0 unspecified atom stereocenters. The number of nitrogens with one attached hydrogen (secondary N) is 2. The molecule has 3 rings (SSSR count). The predicted molar refractivity (Wildman–Crippen MR) is 88.2 cm³/mol. The molecule has 0 aliphatic heterocycles. The second kappa shape index (κ2) is 6.47. The highest BCUT2D eigenvalue weighted by atomic mass is 79.9. The Morgan fingerprint density at radius 1 is 1.08 bits per heavy atom. The molecule has 1 aliphatic rings. The third kappa shape index (κ3) is 3.72. The third-order valence-corrected chi connectivity index (χ3v) is 4.50. The fraction of sp³-hybridized carbons (Fsp3) is 0.235. The Balaban J connectivity index is 1.63. The monoisotopic (exact) mass is 398 g/mol. The molecule has 2 N–H and O–H groups in total. The Hall–Kier alpha value is -2.02. The fourth-order valence-corrected chi connectivity index (χ4v) is 2.93. The van der Waals surface area contributed by atoms with Gasteiger partial charge in [-0.15, -0.1) is 0 Å². The first-order valence-corrected chi connectivity index (χ1v) is 8.13. The van der Waals surface area contributed by atoms with Crippen LogP contribution in [0.2, 0.25) is 0 Å². The van der Waals surface area contributed by atoms with Gasteiger partial charge in [0.15, 0.2) is 0 Å². The number of hydrogen-bond acceptors (Lipinski definition) is 2. The number of hydrogen-bond donors (Lipinski definition) is 2. The molecule has 0 bridgehead atoms. The Morgan fingerprint density at radius 2 is 1.75 bits per heavy atom. The Kier molecular flexibility index (Phi) is 4.54. The minimum absolute atomic E-state index is 0.189. The van der Waals surface area contributed by atoms with Crippen molar-refractivity contribution in [3.05, 3.63) is 64.1 Å². The van der Waals surface area contributed by atoms with Gasteiger partial charge in [-0.1, -0.05) is 34.1 Å². The molecule has 0 saturated heterocycles. The summed E-state index contributed by atoms with van der Waals surface area (Å²) in [4.78, 5) is 12.1. The molecule has 0 heterocycles. The maximum Gasteiger partial charge on any atom is 0.416 e. The van der Waals surface area contributed by atoms with Crippen LogP contribution in [0.1, 0.15) is 23.5 Å². The van der Waals surface area contributed by atoms with E-state index in [2.05, 4.69) is 26.8 Å². The number of carbonyl (C=O) groups excluding carboxylic acids is 1. The first-order chi connectivity index (χ1) is 11.4. The average molecular weight is 399 g/mol. The zero-order valence-corrected chi connectivity index (χ0v) is 14.0. The van der Waals surface area contributed by atoms with Gasteiger partial charge in [-0.3, -0.25) is 15.6 Å². The number of amides is 1. The van der Waals surface area contributed by atoms with E-state index in [1.165, 1.54) is 12.1 Å². The lowest BCUT2D eigenvalue weighted by Gasteiger charge is -2.13. The molecule has 3 nitrogen and oxygen atoms in total. The molecule has 0 radical (unpaired) electrons. The van der Waals surface area contributed by atoms with Crippen molar-refractivity contribution in [1.29, 1.82) is 0 Å². The van der Waals surface area contributed by atoms with Crippen molar-refractivity contribution in [1.82, 2.24) is 5.43 Å². The standard InChI is InChI=1S/C17H14BrF3N2O/c18-10-5-7-11(8-6-10)22-23-16(24)14-9-13(14)12-3-1-2-4-15(12)17(19,20)21/h1-8,13-14,22H,9H2,(H,23,24)/t13-,14+/m0/s1. The highest BCUT2D eigenvalue weighted by Gasteiger charge is 2.47. The van der Waals surface area contributed by atoms with E-state index in [0.29, 0.717) is 12.1 Å². The quantitative estimate of drug-likeness (QED) is 0.731. The Bertz CT molecular complexity index is 746. The van der Waals surface area contributed by atoms with Crippen LogP contribution >= 0.6 is 15.9 Å². The molecule has 2 atom stereocenters. The highest BCUT2D eigenvalue weighted by molar-refractivity contribution is 9.10. The number of carbonyl (C=O) groups is 1. The van der Waals surface area contributed by atoms with Crippen molar-refractivity contribution >= 4 is 27.5 Å². The number of benzene rings is 2. The second-order valence-electron chi connectivity index (χ2n) is 5.65. The zero-order chi connectivity index (χ0) is 17.3. The molecule has 24 heavy (non-hydrogen) atoms. The van der Waals surface area contributed by atoms with E-state index in [-0.39, 0.29) is 11.5 Å². The largest absolute Gasteiger partial charge is 0.416 e. The Labute approximate surface area is 145 Å². The van der Waals surface area contributed by atoms with Crippen LogP contribution in [-0.2, 0) is 11.0 Å². The molecule has 1 saturated carbocycles. The topological polar surface area (TPSA) is 41.1 Å². The van der Waals surface area contributed by atoms with E-state index >= 15 is 0 Å². The minimum Gasteiger partial charge on any atom is -0.299 e. The number of alkyl halides is 3. The van der Waals surface area contributed by atoms with Gasteiger partial charge in [0, 0.05) is 10.4 Å². The van der Waals surface area contributed by atoms with Crippen LogP contribution in [0.4, 0.5) is 18.9 Å². The summed E-state index contributed by atoms with van der Waals surface area (Å²) in [5.41, 5.74) is 5.54. The van der Waals surface area contributed by atoms with Crippen molar-refractivity contribution in [2.24, 2.45) is 5.92 Å². The van der Waals surface area contributed by atoms with E-state index < -0.39 is 23.6 Å². The summed E-state index contributed by atoms with van der Waals surface area (Å²) < 4.78 is 40.1. The lowest BCUT2D eigenvalue weighted by molar-refractivity contribution is -0.138. The molecule has 126 valence electrons. The Morgan fingerprint density at radius 3 is 2.42 bits per heavy atom. The number of hydrazine groups is 1. The normalized spacial score (nSPS) is 19.7. The van der Waals surface area contributed by atoms with Gasteiger partial charge in [-0.25, -0.2) is 0 Å². The van der Waals surface area contributed by atoms with Gasteiger partial charge in [0.2, 0.25) is 5.91 Å². The highest BCUT2D eigenvalue weighted by Crippen LogP contribution is 2.50. The van der Waals surface area contributed by atoms with Crippen LogP contribution < -0.4 is 10.9 Å². The summed E-state index contributed by atoms with van der Waals surface area (Å²) in [6, 6.07) is 12.6. The molecular formula is C17H14BrF3N2O. The molecule has 1 fully saturated rings. The van der Waals surface area contributed by atoms with Crippen LogP contribution in [0.5, 0.6) is 0 Å². The van der Waals surface area contributed by atoms with E-state index in [4.69, 9.17) is 0 Å². The molecule has 0 spiro atoms. The van der Waals surface area contributed by atoms with Gasteiger partial charge >= 0.3 is 6.18 Å². The number of anilines is 1. The summed E-state index contributed by atoms with van der Waals surface area (Å²) in [5, 5.41) is 0. The first-order valence-electron chi connectivity index (χ1n) is 7.34. The van der Waals surface area contributed by atoms with E-state index in [1.54, 1.807) is 18.2 Å². The van der Waals surface area contributed by atoms with Crippen LogP contribution in [0.3, 0.4) is 0 Å². The van der Waals surface area contributed by atoms with Gasteiger partial charge in [0.25, 0.3) is 0 Å². The molecular weight excluding hydrogens is 385 g/mol. The third-order valence-electron chi connectivity index (χ3n) is 3.97. The molecule has 7 heteroatoms. The summed E-state index contributed by atoms with van der Waals surface area (Å²) in [6.45, 7) is 0. The van der Waals surface area contributed by atoms with Gasteiger partial charge in [-0.05, 0) is 48.2 Å². The molecule has 1 amide bonds. The van der Waals surface area contributed by atoms with Crippen LogP contribution in [0.25, 0.3) is 0 Å². The van der Waals surface area contributed by atoms with Crippen molar-refractivity contribution in [3.63, 3.8) is 0 Å². The zero-order valence-electron chi connectivity index (χ0n) is 12.4. The second-order valence-corrected chi connectivity index (χ2v) is 6.57. The lowest BCUT2D eigenvalue weighted by Crippen LogP contribution is -2.31. The predicted octanol–water partition coefficient (Wildman–Crippen LogP) is 4.71. The van der Waals surface area contributed by atoms with Crippen LogP contribution in [-0.4, -0.2) is 5.91 Å². The van der Waals surface area contributed by atoms with Gasteiger partial charge in [-0.2, -0.15) is 13.2 Å². The van der Waals surface area contributed by atoms with E-state index in [0.717, 1.165) is 10.5 Å². The van der Waals surface area contributed by atoms with Crippen molar-refractivity contribution in [2.45, 2.75) is 18.5 Å². The molecule has 1 aliphatic carbocycles. The van der Waals surface area contributed by atoms with Crippen molar-refractivity contribution in [3.8, 4) is 0 Å². The number of rotatable bonds is 4. The van der Waals surface area contributed by atoms with Gasteiger partial charge in [0.05, 0.1) is 11.3 Å². The summed E-state index contributed by atoms with van der Waals surface area (Å²) >= 11 is 3.31. The van der Waals surface area contributed by atoms with Gasteiger partial charge < -0.3 is 0 Å². The van der Waals surface area contributed by atoms with E-state index in [9.17, 15) is 18.0 Å². The minimum atomic E-state index is -4.41. The SMILES string of the molecule is O=C(NNc1ccc(Br)cc1)[C@@H]1C[C@H]1c1ccccc1C(F)(F)F. The molecule has 2 aromatic rings. The molecule has 2 aromatic carbocycles.